The molecule has 0 atom stereocenters. The van der Waals surface area contributed by atoms with Gasteiger partial charge in [-0.05, 0) is 24.3 Å². The van der Waals surface area contributed by atoms with E-state index < -0.39 is 0 Å². The van der Waals surface area contributed by atoms with Gasteiger partial charge >= 0.3 is 0 Å². The number of carbonyl (C=O) groups is 2. The molecule has 0 aromatic heterocycles. The molecule has 2 aliphatic heterocycles. The molecule has 2 aliphatic rings. The van der Waals surface area contributed by atoms with E-state index in [1.807, 2.05) is 12.1 Å². The van der Waals surface area contributed by atoms with Gasteiger partial charge in [-0.1, -0.05) is 0 Å². The zero-order valence-electron chi connectivity index (χ0n) is 17.1. The van der Waals surface area contributed by atoms with Crippen LogP contribution in [0.25, 0.3) is 0 Å². The van der Waals surface area contributed by atoms with Gasteiger partial charge in [-0.25, -0.2) is 0 Å². The molecule has 4 rings (SSSR count). The van der Waals surface area contributed by atoms with Crippen LogP contribution in [0.15, 0.2) is 24.3 Å². The van der Waals surface area contributed by atoms with Crippen molar-refractivity contribution in [2.45, 2.75) is 13.1 Å². The van der Waals surface area contributed by atoms with E-state index in [0.29, 0.717) is 60.7 Å². The van der Waals surface area contributed by atoms with E-state index in [4.69, 9.17) is 18.9 Å². The molecule has 8 nitrogen and oxygen atoms in total. The fourth-order valence-corrected chi connectivity index (χ4v) is 3.82. The first-order chi connectivity index (χ1) is 14.6. The maximum atomic E-state index is 11.2. The van der Waals surface area contributed by atoms with E-state index in [1.54, 1.807) is 26.4 Å². The van der Waals surface area contributed by atoms with Gasteiger partial charge in [0, 0.05) is 48.4 Å². The third kappa shape index (κ3) is 3.96. The van der Waals surface area contributed by atoms with Crippen LogP contribution in [0.4, 0.5) is 0 Å². The van der Waals surface area contributed by atoms with Crippen molar-refractivity contribution < 1.29 is 28.5 Å². The molecule has 2 heterocycles. The number of carbonyl (C=O) groups excluding carboxylic acids is 2. The van der Waals surface area contributed by atoms with Crippen LogP contribution in [0.2, 0.25) is 0 Å². The summed E-state index contributed by atoms with van der Waals surface area (Å²) in [6.07, 6.45) is 1.62. The molecule has 8 heteroatoms. The Morgan fingerprint density at radius 1 is 0.800 bits per heavy atom. The topological polar surface area (TPSA) is 77.5 Å². The van der Waals surface area contributed by atoms with Crippen LogP contribution < -0.4 is 18.9 Å². The molecule has 0 bridgehead atoms. The van der Waals surface area contributed by atoms with Crippen LogP contribution in [0, 0.1) is 0 Å². The lowest BCUT2D eigenvalue weighted by molar-refractivity contribution is 0.0497. The van der Waals surface area contributed by atoms with Crippen molar-refractivity contribution in [3.63, 3.8) is 0 Å². The summed E-state index contributed by atoms with van der Waals surface area (Å²) in [7, 11) is 3.14. The first kappa shape index (κ1) is 20.2. The smallest absolute Gasteiger partial charge is 0.167 e. The van der Waals surface area contributed by atoms with Crippen molar-refractivity contribution in [3.8, 4) is 23.0 Å². The van der Waals surface area contributed by atoms with Gasteiger partial charge in [0.25, 0.3) is 0 Å². The number of benzene rings is 2. The molecule has 0 saturated carbocycles. The predicted molar refractivity (Wildman–Crippen MR) is 109 cm³/mol. The Kier molecular flexibility index (Phi) is 5.87. The Labute approximate surface area is 174 Å². The highest BCUT2D eigenvalue weighted by molar-refractivity contribution is 5.78. The second kappa shape index (κ2) is 8.73. The summed E-state index contributed by atoms with van der Waals surface area (Å²) in [5.74, 6) is 2.55. The molecule has 0 amide bonds. The maximum absolute atomic E-state index is 11.2. The number of rotatable bonds is 7. The number of ether oxygens (including phenoxy) is 4. The summed E-state index contributed by atoms with van der Waals surface area (Å²) in [4.78, 5) is 26.7. The fourth-order valence-electron chi connectivity index (χ4n) is 3.82. The lowest BCUT2D eigenvalue weighted by atomic mass is 10.1. The van der Waals surface area contributed by atoms with Crippen LogP contribution in [0.5, 0.6) is 23.0 Å². The number of hydrogen-bond donors (Lipinski definition) is 0. The minimum absolute atomic E-state index is 0.443. The van der Waals surface area contributed by atoms with Gasteiger partial charge in [0.15, 0.2) is 23.0 Å². The first-order valence-electron chi connectivity index (χ1n) is 9.67. The molecule has 2 aromatic carbocycles. The Hall–Kier alpha value is -3.10. The molecule has 0 saturated heterocycles. The molecule has 0 N–H and O–H groups in total. The van der Waals surface area contributed by atoms with Crippen molar-refractivity contribution in [1.29, 1.82) is 0 Å². The average Bonchev–Trinajstić information content (AvgIpc) is 2.80. The van der Waals surface area contributed by atoms with Gasteiger partial charge in [-0.2, -0.15) is 0 Å². The highest BCUT2D eigenvalue weighted by Crippen LogP contribution is 2.37. The lowest BCUT2D eigenvalue weighted by Crippen LogP contribution is -2.41. The fraction of sp³-hybridized carbons (Fsp3) is 0.364. The summed E-state index contributed by atoms with van der Waals surface area (Å²) in [6, 6.07) is 7.05. The molecule has 30 heavy (non-hydrogen) atoms. The minimum Gasteiger partial charge on any atom is -0.493 e. The zero-order chi connectivity index (χ0) is 21.1. The standard InChI is InChI=1S/C22H24N2O6/c1-27-19-7-15(11-25)5-17-9-23(13-29-21(17)19)3-4-24-10-18-6-16(12-26)8-20(28-2)22(18)30-14-24/h5-8,11-12H,3-4,9-10,13-14H2,1-2H3. The molecule has 0 fully saturated rings. The predicted octanol–water partition coefficient (Wildman–Crippen LogP) is 2.33. The lowest BCUT2D eigenvalue weighted by Gasteiger charge is -2.34. The second-order valence-corrected chi connectivity index (χ2v) is 7.31. The van der Waals surface area contributed by atoms with Crippen molar-refractivity contribution in [2.75, 3.05) is 40.8 Å². The summed E-state index contributed by atoms with van der Waals surface area (Å²) < 4.78 is 22.5. The van der Waals surface area contributed by atoms with E-state index in [0.717, 1.165) is 36.8 Å². The van der Waals surface area contributed by atoms with Crippen molar-refractivity contribution >= 4 is 12.6 Å². The van der Waals surface area contributed by atoms with Crippen LogP contribution in [-0.2, 0) is 13.1 Å². The molecule has 0 aliphatic carbocycles. The van der Waals surface area contributed by atoms with Gasteiger partial charge in [0.2, 0.25) is 0 Å². The van der Waals surface area contributed by atoms with Gasteiger partial charge in [0.1, 0.15) is 26.0 Å². The number of nitrogens with zero attached hydrogens (tertiary/aromatic N) is 2. The van der Waals surface area contributed by atoms with Crippen molar-refractivity contribution in [2.24, 2.45) is 0 Å². The highest BCUT2D eigenvalue weighted by atomic mass is 16.5. The largest absolute Gasteiger partial charge is 0.493 e. The maximum Gasteiger partial charge on any atom is 0.167 e. The third-order valence-electron chi connectivity index (χ3n) is 5.32. The Morgan fingerprint density at radius 3 is 1.60 bits per heavy atom. The quantitative estimate of drug-likeness (QED) is 0.642. The molecular formula is C22H24N2O6. The van der Waals surface area contributed by atoms with Crippen LogP contribution in [0.3, 0.4) is 0 Å². The monoisotopic (exact) mass is 412 g/mol. The SMILES string of the molecule is COc1cc(C=O)cc2c1OCN(CCN1COc3c(cc(C=O)cc3OC)C1)C2. The van der Waals surface area contributed by atoms with Crippen molar-refractivity contribution in [3.05, 3.63) is 46.5 Å². The number of hydrogen-bond acceptors (Lipinski definition) is 8. The molecule has 158 valence electrons. The summed E-state index contributed by atoms with van der Waals surface area (Å²) >= 11 is 0. The Balaban J connectivity index is 1.41. The molecule has 0 spiro atoms. The Morgan fingerprint density at radius 2 is 1.23 bits per heavy atom. The zero-order valence-corrected chi connectivity index (χ0v) is 17.1. The van der Waals surface area contributed by atoms with E-state index in [9.17, 15) is 9.59 Å². The summed E-state index contributed by atoms with van der Waals surface area (Å²) in [6.45, 7) is 3.74. The van der Waals surface area contributed by atoms with Gasteiger partial charge in [0.05, 0.1) is 14.2 Å². The van der Waals surface area contributed by atoms with Gasteiger partial charge in [-0.3, -0.25) is 19.4 Å². The van der Waals surface area contributed by atoms with E-state index in [1.165, 1.54) is 0 Å². The van der Waals surface area contributed by atoms with Gasteiger partial charge < -0.3 is 18.9 Å². The van der Waals surface area contributed by atoms with E-state index in [2.05, 4.69) is 9.80 Å². The second-order valence-electron chi connectivity index (χ2n) is 7.31. The van der Waals surface area contributed by atoms with Crippen LogP contribution in [-0.4, -0.2) is 63.1 Å². The van der Waals surface area contributed by atoms with E-state index >= 15 is 0 Å². The highest BCUT2D eigenvalue weighted by Gasteiger charge is 2.25. The molecular weight excluding hydrogens is 388 g/mol. The number of fused-ring (bicyclic) bond motifs is 2. The average molecular weight is 412 g/mol. The van der Waals surface area contributed by atoms with Crippen molar-refractivity contribution in [1.82, 2.24) is 9.80 Å². The summed E-state index contributed by atoms with van der Waals surface area (Å²) in [5.41, 5.74) is 3.00. The van der Waals surface area contributed by atoms with E-state index in [-0.39, 0.29) is 0 Å². The molecule has 0 unspecified atom stereocenters. The number of methoxy groups -OCH3 is 2. The first-order valence-corrected chi connectivity index (χ1v) is 9.67. The Bertz CT molecular complexity index is 884. The normalized spacial score (nSPS) is 15.9. The molecule has 0 radical (unpaired) electrons. The van der Waals surface area contributed by atoms with Crippen LogP contribution >= 0.6 is 0 Å². The third-order valence-corrected chi connectivity index (χ3v) is 5.32. The summed E-state index contributed by atoms with van der Waals surface area (Å²) in [5, 5.41) is 0. The van der Waals surface area contributed by atoms with Gasteiger partial charge in [-0.15, -0.1) is 0 Å². The minimum atomic E-state index is 0.443. The number of aldehydes is 2. The molecule has 2 aromatic rings. The van der Waals surface area contributed by atoms with Crippen LogP contribution in [0.1, 0.15) is 31.8 Å².